The van der Waals surface area contributed by atoms with Crippen molar-refractivity contribution in [3.63, 3.8) is 0 Å². The van der Waals surface area contributed by atoms with Gasteiger partial charge in [0.05, 0.1) is 23.3 Å². The van der Waals surface area contributed by atoms with Crippen LogP contribution >= 0.6 is 11.3 Å². The average molecular weight is 324 g/mol. The highest BCUT2D eigenvalue weighted by Gasteiger charge is 2.29. The zero-order chi connectivity index (χ0) is 15.8. The molecule has 1 aliphatic heterocycles. The molecule has 3 aromatic rings. The number of benzene rings is 1. The number of aromatic nitrogens is 3. The summed E-state index contributed by atoms with van der Waals surface area (Å²) in [6.07, 6.45) is 1.98. The van der Waals surface area contributed by atoms with Crippen LogP contribution in [0.3, 0.4) is 0 Å². The number of rotatable bonds is 3. The first-order valence-electron chi connectivity index (χ1n) is 7.92. The summed E-state index contributed by atoms with van der Waals surface area (Å²) >= 11 is 1.72. The minimum atomic E-state index is 0.360. The molecule has 23 heavy (non-hydrogen) atoms. The van der Waals surface area contributed by atoms with Gasteiger partial charge in [0.2, 0.25) is 0 Å². The van der Waals surface area contributed by atoms with Gasteiger partial charge in [-0.15, -0.1) is 11.3 Å². The molecule has 118 valence electrons. The third kappa shape index (κ3) is 2.82. The molecule has 0 spiro atoms. The number of imidazole rings is 1. The summed E-state index contributed by atoms with van der Waals surface area (Å²) in [6, 6.07) is 11.1. The van der Waals surface area contributed by atoms with Crippen LogP contribution in [-0.4, -0.2) is 19.4 Å². The molecule has 2 aromatic heterocycles. The van der Waals surface area contributed by atoms with Crippen LogP contribution in [0.25, 0.3) is 0 Å². The highest BCUT2D eigenvalue weighted by Crippen LogP contribution is 2.31. The van der Waals surface area contributed by atoms with Crippen LogP contribution in [0.4, 0.5) is 0 Å². The lowest BCUT2D eigenvalue weighted by Gasteiger charge is -2.36. The van der Waals surface area contributed by atoms with Gasteiger partial charge in [-0.05, 0) is 19.4 Å². The Hall–Kier alpha value is -1.98. The first-order valence-corrected chi connectivity index (χ1v) is 8.79. The van der Waals surface area contributed by atoms with Gasteiger partial charge < -0.3 is 4.57 Å². The molecular formula is C18H20N4S. The SMILES string of the molecule is Cc1nc(CN2Cc3ncc(C)n3C[C@@H]2c2ccccc2)cs1. The predicted octanol–water partition coefficient (Wildman–Crippen LogP) is 3.71. The zero-order valence-electron chi connectivity index (χ0n) is 13.4. The summed E-state index contributed by atoms with van der Waals surface area (Å²) in [6.45, 7) is 6.89. The van der Waals surface area contributed by atoms with Crippen molar-refractivity contribution in [2.45, 2.75) is 39.5 Å². The zero-order valence-corrected chi connectivity index (χ0v) is 14.3. The second-order valence-corrected chi connectivity index (χ2v) is 7.18. The van der Waals surface area contributed by atoms with Crippen molar-refractivity contribution in [3.05, 3.63) is 69.7 Å². The molecule has 0 aliphatic carbocycles. The maximum atomic E-state index is 4.64. The van der Waals surface area contributed by atoms with Gasteiger partial charge in [0.15, 0.2) is 0 Å². The van der Waals surface area contributed by atoms with E-state index in [1.54, 1.807) is 11.3 Å². The first kappa shape index (κ1) is 14.6. The van der Waals surface area contributed by atoms with E-state index in [9.17, 15) is 0 Å². The third-order valence-corrected chi connectivity index (χ3v) is 5.32. The molecule has 0 N–H and O–H groups in total. The normalized spacial score (nSPS) is 18.1. The Balaban J connectivity index is 1.68. The Morgan fingerprint density at radius 3 is 2.78 bits per heavy atom. The number of hydrogen-bond donors (Lipinski definition) is 0. The summed E-state index contributed by atoms with van der Waals surface area (Å²) in [4.78, 5) is 11.7. The van der Waals surface area contributed by atoms with E-state index in [0.29, 0.717) is 6.04 Å². The second-order valence-electron chi connectivity index (χ2n) is 6.12. The standard InChI is InChI=1S/C18H20N4S/c1-13-8-19-18-11-21(9-16-12-23-14(2)20-16)17(10-22(13)18)15-6-4-3-5-7-15/h3-8,12,17H,9-11H2,1-2H3/t17-/m1/s1. The fourth-order valence-electron chi connectivity index (χ4n) is 3.31. The van der Waals surface area contributed by atoms with Gasteiger partial charge in [0.1, 0.15) is 5.82 Å². The lowest BCUT2D eigenvalue weighted by molar-refractivity contribution is 0.126. The Morgan fingerprint density at radius 1 is 1.22 bits per heavy atom. The molecule has 0 saturated heterocycles. The number of nitrogens with zero attached hydrogens (tertiary/aromatic N) is 4. The number of hydrogen-bond acceptors (Lipinski definition) is 4. The smallest absolute Gasteiger partial charge is 0.123 e. The van der Waals surface area contributed by atoms with Gasteiger partial charge in [-0.3, -0.25) is 4.90 Å². The van der Waals surface area contributed by atoms with Crippen LogP contribution in [0, 0.1) is 13.8 Å². The molecule has 5 heteroatoms. The molecule has 0 fully saturated rings. The highest BCUT2D eigenvalue weighted by molar-refractivity contribution is 7.09. The van der Waals surface area contributed by atoms with Crippen LogP contribution in [-0.2, 0) is 19.6 Å². The van der Waals surface area contributed by atoms with Gasteiger partial charge >= 0.3 is 0 Å². The quantitative estimate of drug-likeness (QED) is 0.736. The van der Waals surface area contributed by atoms with E-state index in [2.05, 4.69) is 69.0 Å². The van der Waals surface area contributed by atoms with Crippen molar-refractivity contribution >= 4 is 11.3 Å². The molecule has 0 saturated carbocycles. The van der Waals surface area contributed by atoms with Gasteiger partial charge in [0.25, 0.3) is 0 Å². The summed E-state index contributed by atoms with van der Waals surface area (Å²) in [5.41, 5.74) is 3.76. The first-order chi connectivity index (χ1) is 11.2. The van der Waals surface area contributed by atoms with Gasteiger partial charge in [0, 0.05) is 30.4 Å². The molecule has 0 radical (unpaired) electrons. The Labute approximate surface area is 140 Å². The van der Waals surface area contributed by atoms with Crippen molar-refractivity contribution in [2.75, 3.05) is 0 Å². The lowest BCUT2D eigenvalue weighted by Crippen LogP contribution is -2.37. The van der Waals surface area contributed by atoms with E-state index in [1.807, 2.05) is 6.20 Å². The number of thiazole rings is 1. The largest absolute Gasteiger partial charge is 0.329 e. The van der Waals surface area contributed by atoms with E-state index in [1.165, 1.54) is 11.3 Å². The summed E-state index contributed by atoms with van der Waals surface area (Å²) in [5, 5.41) is 3.30. The molecule has 0 amide bonds. The van der Waals surface area contributed by atoms with E-state index in [0.717, 1.165) is 36.2 Å². The predicted molar refractivity (Wildman–Crippen MR) is 92.2 cm³/mol. The topological polar surface area (TPSA) is 34.0 Å². The molecule has 0 bridgehead atoms. The summed E-state index contributed by atoms with van der Waals surface area (Å²) in [7, 11) is 0. The minimum absolute atomic E-state index is 0.360. The monoisotopic (exact) mass is 324 g/mol. The third-order valence-electron chi connectivity index (χ3n) is 4.49. The lowest BCUT2D eigenvalue weighted by atomic mass is 10.0. The summed E-state index contributed by atoms with van der Waals surface area (Å²) < 4.78 is 2.35. The Kier molecular flexibility index (Phi) is 3.75. The minimum Gasteiger partial charge on any atom is -0.329 e. The Bertz CT molecular complexity index is 806. The fourth-order valence-corrected chi connectivity index (χ4v) is 3.92. The van der Waals surface area contributed by atoms with Crippen molar-refractivity contribution in [3.8, 4) is 0 Å². The molecule has 4 nitrogen and oxygen atoms in total. The average Bonchev–Trinajstić information content (AvgIpc) is 3.14. The van der Waals surface area contributed by atoms with E-state index < -0.39 is 0 Å². The molecule has 4 rings (SSSR count). The molecule has 3 heterocycles. The maximum absolute atomic E-state index is 4.64. The molecule has 1 atom stereocenters. The summed E-state index contributed by atoms with van der Waals surface area (Å²) in [5.74, 6) is 1.15. The van der Waals surface area contributed by atoms with Crippen molar-refractivity contribution in [1.82, 2.24) is 19.4 Å². The highest BCUT2D eigenvalue weighted by atomic mass is 32.1. The van der Waals surface area contributed by atoms with E-state index in [4.69, 9.17) is 0 Å². The van der Waals surface area contributed by atoms with E-state index >= 15 is 0 Å². The molecule has 1 aromatic carbocycles. The van der Waals surface area contributed by atoms with Gasteiger partial charge in [-0.25, -0.2) is 9.97 Å². The van der Waals surface area contributed by atoms with Crippen LogP contribution in [0.1, 0.15) is 33.8 Å². The fraction of sp³-hybridized carbons (Fsp3) is 0.333. The maximum Gasteiger partial charge on any atom is 0.123 e. The second kappa shape index (κ2) is 5.91. The molecule has 1 aliphatic rings. The van der Waals surface area contributed by atoms with Crippen LogP contribution in [0.5, 0.6) is 0 Å². The van der Waals surface area contributed by atoms with E-state index in [-0.39, 0.29) is 0 Å². The molecular weight excluding hydrogens is 304 g/mol. The number of fused-ring (bicyclic) bond motifs is 1. The van der Waals surface area contributed by atoms with Crippen LogP contribution in [0.2, 0.25) is 0 Å². The van der Waals surface area contributed by atoms with Crippen molar-refractivity contribution < 1.29 is 0 Å². The van der Waals surface area contributed by atoms with Gasteiger partial charge in [-0.2, -0.15) is 0 Å². The molecule has 0 unspecified atom stereocenters. The van der Waals surface area contributed by atoms with Gasteiger partial charge in [-0.1, -0.05) is 30.3 Å². The van der Waals surface area contributed by atoms with Crippen LogP contribution < -0.4 is 0 Å². The Morgan fingerprint density at radius 2 is 2.04 bits per heavy atom. The van der Waals surface area contributed by atoms with Crippen molar-refractivity contribution in [2.24, 2.45) is 0 Å². The van der Waals surface area contributed by atoms with Crippen molar-refractivity contribution in [1.29, 1.82) is 0 Å². The number of aryl methyl sites for hydroxylation is 2. The van der Waals surface area contributed by atoms with Crippen LogP contribution in [0.15, 0.2) is 41.9 Å².